The average Bonchev–Trinajstić information content (AvgIpc) is 3.16. The van der Waals surface area contributed by atoms with E-state index in [-0.39, 0.29) is 0 Å². The largest absolute Gasteiger partial charge is 0.347 e. The molecule has 2 saturated heterocycles. The van der Waals surface area contributed by atoms with Crippen LogP contribution >= 0.6 is 0 Å². The lowest BCUT2D eigenvalue weighted by Gasteiger charge is -2.27. The lowest BCUT2D eigenvalue weighted by Crippen LogP contribution is -2.45. The third-order valence-electron chi connectivity index (χ3n) is 4.91. The summed E-state index contributed by atoms with van der Waals surface area (Å²) in [5, 5.41) is 3.61. The van der Waals surface area contributed by atoms with Crippen molar-refractivity contribution >= 4 is 0 Å². The fraction of sp³-hybridized carbons (Fsp3) is 0.667. The Hall–Kier alpha value is -0.940. The number of likely N-dealkylation sites (tertiary alicyclic amines) is 1. The summed E-state index contributed by atoms with van der Waals surface area (Å²) >= 11 is 0. The summed E-state index contributed by atoms with van der Waals surface area (Å²) in [6, 6.07) is 11.2. The van der Waals surface area contributed by atoms with Gasteiger partial charge >= 0.3 is 0 Å². The number of ether oxygens (including phenoxy) is 2. The van der Waals surface area contributed by atoms with E-state index in [1.165, 1.54) is 25.1 Å². The first kappa shape index (κ1) is 15.9. The molecule has 0 saturated carbocycles. The fourth-order valence-electron chi connectivity index (χ4n) is 3.43. The van der Waals surface area contributed by atoms with Gasteiger partial charge in [0.25, 0.3) is 0 Å². The van der Waals surface area contributed by atoms with Gasteiger partial charge < -0.3 is 14.8 Å². The molecular weight excluding hydrogens is 276 g/mol. The summed E-state index contributed by atoms with van der Waals surface area (Å²) in [6.45, 7) is 9.92. The molecule has 1 N–H and O–H groups in total. The molecule has 0 amide bonds. The lowest BCUT2D eigenvalue weighted by atomic mass is 10.0. The first-order chi connectivity index (χ1) is 10.6. The maximum atomic E-state index is 5.66. The summed E-state index contributed by atoms with van der Waals surface area (Å²) in [5.41, 5.74) is 1.41. The summed E-state index contributed by atoms with van der Waals surface area (Å²) in [5.74, 6) is 0.269. The highest BCUT2D eigenvalue weighted by Crippen LogP contribution is 2.23. The van der Waals surface area contributed by atoms with Crippen molar-refractivity contribution in [3.05, 3.63) is 35.9 Å². The zero-order valence-corrected chi connectivity index (χ0v) is 13.8. The minimum Gasteiger partial charge on any atom is -0.347 e. The second kappa shape index (κ2) is 7.09. The van der Waals surface area contributed by atoms with Crippen LogP contribution < -0.4 is 5.32 Å². The van der Waals surface area contributed by atoms with E-state index in [9.17, 15) is 0 Å². The van der Waals surface area contributed by atoms with Gasteiger partial charge in [-0.25, -0.2) is 0 Å². The molecule has 1 aromatic carbocycles. The Labute approximate surface area is 133 Å². The summed E-state index contributed by atoms with van der Waals surface area (Å²) in [4.78, 5) is 2.56. The normalized spacial score (nSPS) is 26.4. The predicted molar refractivity (Wildman–Crippen MR) is 87.6 cm³/mol. The van der Waals surface area contributed by atoms with Gasteiger partial charge in [0.2, 0.25) is 0 Å². The molecule has 2 aliphatic rings. The molecular formula is C18H28N2O2. The van der Waals surface area contributed by atoms with Crippen LogP contribution in [0, 0.1) is 5.92 Å². The van der Waals surface area contributed by atoms with Crippen molar-refractivity contribution in [1.29, 1.82) is 0 Å². The number of benzene rings is 1. The molecule has 1 aromatic rings. The Morgan fingerprint density at radius 1 is 1.27 bits per heavy atom. The van der Waals surface area contributed by atoms with E-state index in [4.69, 9.17) is 9.47 Å². The number of hydrogen-bond donors (Lipinski definition) is 1. The molecule has 4 heteroatoms. The first-order valence-electron chi connectivity index (χ1n) is 8.42. The zero-order chi connectivity index (χ0) is 15.4. The van der Waals surface area contributed by atoms with Gasteiger partial charge in [-0.2, -0.15) is 0 Å². The van der Waals surface area contributed by atoms with Gasteiger partial charge in [-0.15, -0.1) is 0 Å². The van der Waals surface area contributed by atoms with Gasteiger partial charge in [-0.05, 0) is 38.3 Å². The molecule has 4 nitrogen and oxygen atoms in total. The second-order valence-corrected chi connectivity index (χ2v) is 6.77. The lowest BCUT2D eigenvalue weighted by molar-refractivity contribution is -0.139. The Kier molecular flexibility index (Phi) is 5.14. The molecule has 122 valence electrons. The van der Waals surface area contributed by atoms with Crippen molar-refractivity contribution in [2.75, 3.05) is 32.8 Å². The summed E-state index contributed by atoms with van der Waals surface area (Å²) in [7, 11) is 0. The number of nitrogens with zero attached hydrogens (tertiary/aromatic N) is 1. The minimum absolute atomic E-state index is 0.434. The molecule has 0 bridgehead atoms. The van der Waals surface area contributed by atoms with Gasteiger partial charge in [0.15, 0.2) is 5.79 Å². The topological polar surface area (TPSA) is 33.7 Å². The maximum absolute atomic E-state index is 5.66. The highest BCUT2D eigenvalue weighted by atomic mass is 16.7. The number of nitrogens with one attached hydrogen (secondary N) is 1. The van der Waals surface area contributed by atoms with E-state index >= 15 is 0 Å². The average molecular weight is 304 g/mol. The Morgan fingerprint density at radius 2 is 2.00 bits per heavy atom. The van der Waals surface area contributed by atoms with E-state index in [0.29, 0.717) is 25.2 Å². The standard InChI is InChI=1S/C18H28N2O2/c1-15(19-14-18(2)21-10-11-22-18)17-8-9-20(13-17)12-16-6-4-3-5-7-16/h3-7,15,17,19H,8-14H2,1-2H3/t15-,17-/m0/s1. The van der Waals surface area contributed by atoms with Crippen LogP contribution in [0.2, 0.25) is 0 Å². The highest BCUT2D eigenvalue weighted by molar-refractivity contribution is 5.14. The zero-order valence-electron chi connectivity index (χ0n) is 13.8. The molecule has 2 aliphatic heterocycles. The van der Waals surface area contributed by atoms with Gasteiger partial charge in [-0.1, -0.05) is 30.3 Å². The van der Waals surface area contributed by atoms with Gasteiger partial charge in [-0.3, -0.25) is 4.90 Å². The molecule has 0 aliphatic carbocycles. The van der Waals surface area contributed by atoms with Crippen molar-refractivity contribution in [3.8, 4) is 0 Å². The van der Waals surface area contributed by atoms with Crippen LogP contribution in [0.4, 0.5) is 0 Å². The number of hydrogen-bond acceptors (Lipinski definition) is 4. The van der Waals surface area contributed by atoms with E-state index in [0.717, 1.165) is 13.1 Å². The Balaban J connectivity index is 1.43. The van der Waals surface area contributed by atoms with Gasteiger partial charge in [0.1, 0.15) is 0 Å². The van der Waals surface area contributed by atoms with Crippen molar-refractivity contribution in [2.24, 2.45) is 5.92 Å². The maximum Gasteiger partial charge on any atom is 0.178 e. The third-order valence-corrected chi connectivity index (χ3v) is 4.91. The first-order valence-corrected chi connectivity index (χ1v) is 8.42. The Bertz CT molecular complexity index is 459. The smallest absolute Gasteiger partial charge is 0.178 e. The molecule has 0 unspecified atom stereocenters. The molecule has 0 aromatic heterocycles. The van der Waals surface area contributed by atoms with Crippen molar-refractivity contribution < 1.29 is 9.47 Å². The molecule has 0 radical (unpaired) electrons. The highest BCUT2D eigenvalue weighted by Gasteiger charge is 2.33. The fourth-order valence-corrected chi connectivity index (χ4v) is 3.43. The minimum atomic E-state index is -0.434. The second-order valence-electron chi connectivity index (χ2n) is 6.77. The summed E-state index contributed by atoms with van der Waals surface area (Å²) < 4.78 is 11.3. The van der Waals surface area contributed by atoms with E-state index in [1.807, 2.05) is 6.92 Å². The SMILES string of the molecule is C[C@H](NCC1(C)OCCO1)[C@H]1CCN(Cc2ccccc2)C1. The predicted octanol–water partition coefficient (Wildman–Crippen LogP) is 2.25. The molecule has 2 fully saturated rings. The van der Waals surface area contributed by atoms with Crippen molar-refractivity contribution in [1.82, 2.24) is 10.2 Å². The van der Waals surface area contributed by atoms with Crippen LogP contribution in [-0.2, 0) is 16.0 Å². The van der Waals surface area contributed by atoms with Gasteiger partial charge in [0.05, 0.1) is 13.2 Å². The molecule has 2 heterocycles. The van der Waals surface area contributed by atoms with Crippen LogP contribution in [0.1, 0.15) is 25.8 Å². The van der Waals surface area contributed by atoms with Crippen molar-refractivity contribution in [3.63, 3.8) is 0 Å². The monoisotopic (exact) mass is 304 g/mol. The quantitative estimate of drug-likeness (QED) is 0.874. The van der Waals surface area contributed by atoms with Crippen LogP contribution in [0.3, 0.4) is 0 Å². The molecule has 0 spiro atoms. The Morgan fingerprint density at radius 3 is 2.73 bits per heavy atom. The molecule has 3 rings (SSSR count). The summed E-state index contributed by atoms with van der Waals surface area (Å²) in [6.07, 6.45) is 1.26. The van der Waals surface area contributed by atoms with Crippen LogP contribution in [0.15, 0.2) is 30.3 Å². The van der Waals surface area contributed by atoms with Crippen LogP contribution in [0.5, 0.6) is 0 Å². The number of rotatable bonds is 6. The van der Waals surface area contributed by atoms with Gasteiger partial charge in [0, 0.05) is 25.7 Å². The van der Waals surface area contributed by atoms with E-state index in [1.54, 1.807) is 0 Å². The van der Waals surface area contributed by atoms with Crippen LogP contribution in [-0.4, -0.2) is 49.6 Å². The van der Waals surface area contributed by atoms with Crippen molar-refractivity contribution in [2.45, 2.75) is 38.6 Å². The van der Waals surface area contributed by atoms with E-state index in [2.05, 4.69) is 47.5 Å². The molecule has 22 heavy (non-hydrogen) atoms. The van der Waals surface area contributed by atoms with Crippen LogP contribution in [0.25, 0.3) is 0 Å². The molecule has 2 atom stereocenters. The third kappa shape index (κ3) is 4.07. The van der Waals surface area contributed by atoms with E-state index < -0.39 is 5.79 Å².